The quantitative estimate of drug-likeness (QED) is 0.352. The Morgan fingerprint density at radius 1 is 1.06 bits per heavy atom. The van der Waals surface area contributed by atoms with Crippen molar-refractivity contribution in [3.8, 4) is 22.4 Å². The fourth-order valence-corrected chi connectivity index (χ4v) is 5.37. The molecule has 0 radical (unpaired) electrons. The Kier molecular flexibility index (Phi) is 6.87. The number of pyridine rings is 1. The van der Waals surface area contributed by atoms with Crippen LogP contribution in [0.5, 0.6) is 0 Å². The minimum absolute atomic E-state index is 0.122. The summed E-state index contributed by atoms with van der Waals surface area (Å²) in [5, 5.41) is 4.23. The van der Waals surface area contributed by atoms with Crippen molar-refractivity contribution in [1.82, 2.24) is 10.3 Å². The van der Waals surface area contributed by atoms with Crippen LogP contribution in [0.2, 0.25) is 10.0 Å². The van der Waals surface area contributed by atoms with Crippen molar-refractivity contribution in [2.24, 2.45) is 0 Å². The predicted molar refractivity (Wildman–Crippen MR) is 143 cm³/mol. The number of hydrogen-bond donors (Lipinski definition) is 1. The van der Waals surface area contributed by atoms with Crippen LogP contribution < -0.4 is 5.32 Å². The van der Waals surface area contributed by atoms with Crippen LogP contribution in [0.15, 0.2) is 53.0 Å². The molecule has 2 heterocycles. The molecule has 0 bridgehead atoms. The Balaban J connectivity index is 1.80. The molecule has 3 aromatic rings. The lowest BCUT2D eigenvalue weighted by Crippen LogP contribution is -2.46. The first-order valence-electron chi connectivity index (χ1n) is 11.1. The van der Waals surface area contributed by atoms with E-state index in [9.17, 15) is 4.79 Å². The number of aryl methyl sites for hydroxylation is 1. The average Bonchev–Trinajstić information content (AvgIpc) is 2.94. The van der Waals surface area contributed by atoms with E-state index >= 15 is 0 Å². The maximum atomic E-state index is 13.5. The van der Waals surface area contributed by atoms with Gasteiger partial charge in [0, 0.05) is 31.2 Å². The molecule has 1 aliphatic heterocycles. The van der Waals surface area contributed by atoms with Crippen LogP contribution in [0.25, 0.3) is 22.4 Å². The molecule has 1 unspecified atom stereocenters. The highest BCUT2D eigenvalue weighted by atomic mass is 79.9. The zero-order valence-corrected chi connectivity index (χ0v) is 22.9. The SMILES string of the molecule is Cc1nc(-c2ccc(Br)cc2)c(-c2ccc(Cl)cc2Cl)cc1C(=O)NC1CC(C)(C)OC1(C)C. The van der Waals surface area contributed by atoms with Crippen LogP contribution in [-0.2, 0) is 4.74 Å². The van der Waals surface area contributed by atoms with Crippen molar-refractivity contribution in [2.45, 2.75) is 58.3 Å². The van der Waals surface area contributed by atoms with Gasteiger partial charge in [-0.1, -0.05) is 57.3 Å². The summed E-state index contributed by atoms with van der Waals surface area (Å²) in [7, 11) is 0. The molecule has 1 aliphatic rings. The fourth-order valence-electron chi connectivity index (χ4n) is 4.60. The van der Waals surface area contributed by atoms with Gasteiger partial charge in [0.05, 0.1) is 34.2 Å². The van der Waals surface area contributed by atoms with Crippen LogP contribution in [-0.4, -0.2) is 28.1 Å². The van der Waals surface area contributed by atoms with E-state index in [2.05, 4.69) is 21.2 Å². The molecule has 1 atom stereocenters. The van der Waals surface area contributed by atoms with Gasteiger partial charge < -0.3 is 10.1 Å². The molecule has 4 rings (SSSR count). The molecule has 178 valence electrons. The molecule has 2 aromatic carbocycles. The zero-order valence-electron chi connectivity index (χ0n) is 19.8. The standard InChI is InChI=1S/C27H27BrCl2N2O2/c1-15-20(25(33)32-23-14-26(2,3)34-27(23,4)5)13-21(19-11-10-18(29)12-22(19)30)24(31-15)16-6-8-17(28)9-7-16/h6-13,23H,14H2,1-5H3,(H,32,33). The lowest BCUT2D eigenvalue weighted by Gasteiger charge is -2.28. The molecule has 0 spiro atoms. The Hall–Kier alpha value is -1.92. The summed E-state index contributed by atoms with van der Waals surface area (Å²) in [6.45, 7) is 9.95. The van der Waals surface area contributed by atoms with E-state index in [1.807, 2.05) is 71.0 Å². The van der Waals surface area contributed by atoms with Gasteiger partial charge in [-0.15, -0.1) is 0 Å². The zero-order chi connectivity index (χ0) is 24.8. The molecule has 1 saturated heterocycles. The Morgan fingerprint density at radius 3 is 2.32 bits per heavy atom. The first-order chi connectivity index (χ1) is 15.9. The number of benzene rings is 2. The third kappa shape index (κ3) is 5.18. The topological polar surface area (TPSA) is 51.2 Å². The van der Waals surface area contributed by atoms with E-state index in [1.54, 1.807) is 12.1 Å². The summed E-state index contributed by atoms with van der Waals surface area (Å²) in [4.78, 5) is 18.3. The second-order valence-corrected chi connectivity index (χ2v) is 11.6. The molecule has 0 saturated carbocycles. The molecule has 1 amide bonds. The van der Waals surface area contributed by atoms with Crippen LogP contribution in [0, 0.1) is 6.92 Å². The molecular weight excluding hydrogens is 535 g/mol. The fraction of sp³-hybridized carbons (Fsp3) is 0.333. The number of nitrogens with one attached hydrogen (secondary N) is 1. The number of ether oxygens (including phenoxy) is 1. The van der Waals surface area contributed by atoms with Crippen LogP contribution >= 0.6 is 39.1 Å². The molecular formula is C27H27BrCl2N2O2. The maximum Gasteiger partial charge on any atom is 0.253 e. The molecule has 1 N–H and O–H groups in total. The number of amides is 1. The first-order valence-corrected chi connectivity index (χ1v) is 12.7. The normalized spacial score (nSPS) is 18.6. The molecule has 34 heavy (non-hydrogen) atoms. The van der Waals surface area contributed by atoms with E-state index in [0.29, 0.717) is 21.3 Å². The number of carbonyl (C=O) groups excluding carboxylic acids is 1. The number of hydrogen-bond acceptors (Lipinski definition) is 3. The van der Waals surface area contributed by atoms with E-state index in [-0.39, 0.29) is 17.6 Å². The van der Waals surface area contributed by atoms with E-state index in [0.717, 1.165) is 33.3 Å². The van der Waals surface area contributed by atoms with Crippen LogP contribution in [0.4, 0.5) is 0 Å². The van der Waals surface area contributed by atoms with Gasteiger partial charge in [0.1, 0.15) is 0 Å². The van der Waals surface area contributed by atoms with Gasteiger partial charge in [-0.2, -0.15) is 0 Å². The molecule has 1 fully saturated rings. The van der Waals surface area contributed by atoms with Gasteiger partial charge in [0.25, 0.3) is 5.91 Å². The number of aromatic nitrogens is 1. The van der Waals surface area contributed by atoms with E-state index < -0.39 is 5.60 Å². The third-order valence-electron chi connectivity index (χ3n) is 6.18. The van der Waals surface area contributed by atoms with Gasteiger partial charge >= 0.3 is 0 Å². The summed E-state index contributed by atoms with van der Waals surface area (Å²) < 4.78 is 7.13. The minimum atomic E-state index is -0.472. The van der Waals surface area contributed by atoms with Crippen LogP contribution in [0.1, 0.15) is 50.2 Å². The largest absolute Gasteiger partial charge is 0.367 e. The second kappa shape index (κ2) is 9.27. The van der Waals surface area contributed by atoms with Gasteiger partial charge in [-0.3, -0.25) is 9.78 Å². The van der Waals surface area contributed by atoms with Gasteiger partial charge in [-0.05, 0) is 71.4 Å². The highest BCUT2D eigenvalue weighted by molar-refractivity contribution is 9.10. The molecule has 7 heteroatoms. The van der Waals surface area contributed by atoms with E-state index in [4.69, 9.17) is 32.9 Å². The summed E-state index contributed by atoms with van der Waals surface area (Å²) in [5.74, 6) is -0.182. The first kappa shape index (κ1) is 25.2. The predicted octanol–water partition coefficient (Wildman–Crippen LogP) is 7.87. The number of rotatable bonds is 4. The molecule has 4 nitrogen and oxygen atoms in total. The molecule has 0 aliphatic carbocycles. The number of halogens is 3. The molecule has 1 aromatic heterocycles. The number of carbonyl (C=O) groups is 1. The van der Waals surface area contributed by atoms with Crippen molar-refractivity contribution >= 4 is 45.0 Å². The third-order valence-corrected chi connectivity index (χ3v) is 7.25. The summed E-state index contributed by atoms with van der Waals surface area (Å²) in [6, 6.07) is 15.0. The van der Waals surface area contributed by atoms with E-state index in [1.165, 1.54) is 0 Å². The Bertz CT molecular complexity index is 1260. The highest BCUT2D eigenvalue weighted by Gasteiger charge is 2.46. The van der Waals surface area contributed by atoms with Crippen molar-refractivity contribution in [3.63, 3.8) is 0 Å². The number of nitrogens with zero attached hydrogens (tertiary/aromatic N) is 1. The van der Waals surface area contributed by atoms with Crippen molar-refractivity contribution in [2.75, 3.05) is 0 Å². The minimum Gasteiger partial charge on any atom is -0.367 e. The van der Waals surface area contributed by atoms with Gasteiger partial charge in [0.2, 0.25) is 0 Å². The van der Waals surface area contributed by atoms with Crippen molar-refractivity contribution in [3.05, 3.63) is 74.3 Å². The summed E-state index contributed by atoms with van der Waals surface area (Å²) >= 11 is 16.2. The monoisotopic (exact) mass is 560 g/mol. The Morgan fingerprint density at radius 2 is 1.74 bits per heavy atom. The average molecular weight is 562 g/mol. The summed E-state index contributed by atoms with van der Waals surface area (Å²) in [5.41, 5.74) is 3.56. The second-order valence-electron chi connectivity index (χ2n) is 9.84. The van der Waals surface area contributed by atoms with Crippen molar-refractivity contribution in [1.29, 1.82) is 0 Å². The van der Waals surface area contributed by atoms with Gasteiger partial charge in [-0.25, -0.2) is 0 Å². The smallest absolute Gasteiger partial charge is 0.253 e. The maximum absolute atomic E-state index is 13.5. The van der Waals surface area contributed by atoms with Crippen LogP contribution in [0.3, 0.4) is 0 Å². The van der Waals surface area contributed by atoms with Crippen molar-refractivity contribution < 1.29 is 9.53 Å². The Labute approximate surface area is 219 Å². The van der Waals surface area contributed by atoms with Gasteiger partial charge in [0.15, 0.2) is 0 Å². The highest BCUT2D eigenvalue weighted by Crippen LogP contribution is 2.39. The lowest BCUT2D eigenvalue weighted by molar-refractivity contribution is -0.0693. The lowest BCUT2D eigenvalue weighted by atomic mass is 9.93. The summed E-state index contributed by atoms with van der Waals surface area (Å²) in [6.07, 6.45) is 0.727.